The fraction of sp³-hybridized carbons (Fsp3) is 0.312. The Morgan fingerprint density at radius 1 is 1.13 bits per heavy atom. The van der Waals surface area contributed by atoms with Crippen molar-refractivity contribution in [3.63, 3.8) is 0 Å². The molecule has 2 heterocycles. The summed E-state index contributed by atoms with van der Waals surface area (Å²) in [5, 5.41) is 0.376. The molecule has 5 nitrogen and oxygen atoms in total. The first-order valence-corrected chi connectivity index (χ1v) is 9.11. The van der Waals surface area contributed by atoms with Gasteiger partial charge in [0.05, 0.1) is 18.1 Å². The van der Waals surface area contributed by atoms with Gasteiger partial charge in [-0.15, -0.1) is 0 Å². The van der Waals surface area contributed by atoms with E-state index in [4.69, 9.17) is 16.3 Å². The molecule has 0 atom stereocenters. The van der Waals surface area contributed by atoms with E-state index in [1.165, 1.54) is 4.31 Å². The smallest absolute Gasteiger partial charge is 0.243 e. The second-order valence-corrected chi connectivity index (χ2v) is 7.66. The summed E-state index contributed by atoms with van der Waals surface area (Å²) in [6, 6.07) is 8.93. The molecule has 1 aromatic heterocycles. The topological polar surface area (TPSA) is 59.5 Å². The number of benzene rings is 1. The van der Waals surface area contributed by atoms with Crippen LogP contribution in [-0.2, 0) is 14.8 Å². The van der Waals surface area contributed by atoms with Gasteiger partial charge in [-0.05, 0) is 41.8 Å². The first-order valence-electron chi connectivity index (χ1n) is 7.29. The van der Waals surface area contributed by atoms with Crippen LogP contribution >= 0.6 is 11.6 Å². The predicted octanol–water partition coefficient (Wildman–Crippen LogP) is 2.73. The van der Waals surface area contributed by atoms with Gasteiger partial charge in [-0.25, -0.2) is 13.4 Å². The van der Waals surface area contributed by atoms with Crippen molar-refractivity contribution in [1.82, 2.24) is 9.29 Å². The van der Waals surface area contributed by atoms with E-state index in [0.29, 0.717) is 36.4 Å². The molecule has 0 aliphatic carbocycles. The standard InChI is InChI=1S/C16H17ClN2O3S/c1-12-2-3-13(14-4-5-18-16(17)11-14)10-15(12)23(20,21)19-6-8-22-9-7-19/h2-5,10-11H,6-9H2,1H3. The van der Waals surface area contributed by atoms with Crippen LogP contribution in [0.2, 0.25) is 5.15 Å². The molecular weight excluding hydrogens is 336 g/mol. The highest BCUT2D eigenvalue weighted by molar-refractivity contribution is 7.89. The summed E-state index contributed by atoms with van der Waals surface area (Å²) in [5.74, 6) is 0. The molecule has 3 rings (SSSR count). The van der Waals surface area contributed by atoms with E-state index in [0.717, 1.165) is 16.7 Å². The maximum atomic E-state index is 12.9. The number of halogens is 1. The van der Waals surface area contributed by atoms with E-state index in [9.17, 15) is 8.42 Å². The molecule has 0 spiro atoms. The minimum Gasteiger partial charge on any atom is -0.379 e. The van der Waals surface area contributed by atoms with Crippen LogP contribution in [0.25, 0.3) is 11.1 Å². The lowest BCUT2D eigenvalue weighted by atomic mass is 10.1. The highest BCUT2D eigenvalue weighted by Crippen LogP contribution is 2.28. The predicted molar refractivity (Wildman–Crippen MR) is 89.0 cm³/mol. The SMILES string of the molecule is Cc1ccc(-c2ccnc(Cl)c2)cc1S(=O)(=O)N1CCOCC1. The zero-order valence-electron chi connectivity index (χ0n) is 12.7. The Kier molecular flexibility index (Phi) is 4.68. The highest BCUT2D eigenvalue weighted by atomic mass is 35.5. The number of rotatable bonds is 3. The van der Waals surface area contributed by atoms with E-state index in [1.807, 2.05) is 18.2 Å². The van der Waals surface area contributed by atoms with E-state index >= 15 is 0 Å². The maximum absolute atomic E-state index is 12.9. The summed E-state index contributed by atoms with van der Waals surface area (Å²) in [7, 11) is -3.53. The van der Waals surface area contributed by atoms with Gasteiger partial charge in [0.1, 0.15) is 5.15 Å². The van der Waals surface area contributed by atoms with Crippen molar-refractivity contribution < 1.29 is 13.2 Å². The largest absolute Gasteiger partial charge is 0.379 e. The number of ether oxygens (including phenoxy) is 1. The van der Waals surface area contributed by atoms with Crippen LogP contribution in [0, 0.1) is 6.92 Å². The fourth-order valence-corrected chi connectivity index (χ4v) is 4.40. The quantitative estimate of drug-likeness (QED) is 0.797. The van der Waals surface area contributed by atoms with Crippen LogP contribution in [0.15, 0.2) is 41.4 Å². The fourth-order valence-electron chi connectivity index (χ4n) is 2.57. The molecule has 23 heavy (non-hydrogen) atoms. The molecule has 1 aromatic carbocycles. The van der Waals surface area contributed by atoms with Crippen LogP contribution in [0.4, 0.5) is 0 Å². The third-order valence-corrected chi connectivity index (χ3v) is 6.08. The molecular formula is C16H17ClN2O3S. The van der Waals surface area contributed by atoms with Crippen molar-refractivity contribution in [3.05, 3.63) is 47.2 Å². The summed E-state index contributed by atoms with van der Waals surface area (Å²) in [4.78, 5) is 4.28. The van der Waals surface area contributed by atoms with Crippen LogP contribution < -0.4 is 0 Å². The molecule has 0 bridgehead atoms. The molecule has 0 radical (unpaired) electrons. The van der Waals surface area contributed by atoms with Crippen molar-refractivity contribution in [1.29, 1.82) is 0 Å². The zero-order valence-corrected chi connectivity index (χ0v) is 14.3. The van der Waals surface area contributed by atoms with Gasteiger partial charge in [-0.3, -0.25) is 0 Å². The Morgan fingerprint density at radius 3 is 2.52 bits per heavy atom. The van der Waals surface area contributed by atoms with Crippen molar-refractivity contribution >= 4 is 21.6 Å². The number of morpholine rings is 1. The van der Waals surface area contributed by atoms with Crippen LogP contribution in [0.3, 0.4) is 0 Å². The molecule has 2 aromatic rings. The molecule has 1 aliphatic heterocycles. The number of hydrogen-bond acceptors (Lipinski definition) is 4. The molecule has 122 valence electrons. The number of hydrogen-bond donors (Lipinski definition) is 0. The summed E-state index contributed by atoms with van der Waals surface area (Å²) in [6.07, 6.45) is 1.60. The van der Waals surface area contributed by atoms with Crippen LogP contribution in [0.5, 0.6) is 0 Å². The maximum Gasteiger partial charge on any atom is 0.243 e. The zero-order chi connectivity index (χ0) is 16.4. The summed E-state index contributed by atoms with van der Waals surface area (Å²) >= 11 is 5.93. The number of sulfonamides is 1. The molecule has 7 heteroatoms. The van der Waals surface area contributed by atoms with Gasteiger partial charge < -0.3 is 4.74 Å². The van der Waals surface area contributed by atoms with Gasteiger partial charge in [0.2, 0.25) is 10.0 Å². The van der Waals surface area contributed by atoms with E-state index in [2.05, 4.69) is 4.98 Å². The lowest BCUT2D eigenvalue weighted by Crippen LogP contribution is -2.40. The summed E-state index contributed by atoms with van der Waals surface area (Å²) < 4.78 is 32.5. The molecule has 0 unspecified atom stereocenters. The Morgan fingerprint density at radius 2 is 1.83 bits per heavy atom. The highest BCUT2D eigenvalue weighted by Gasteiger charge is 2.28. The molecule has 0 amide bonds. The number of aromatic nitrogens is 1. The van der Waals surface area contributed by atoms with E-state index < -0.39 is 10.0 Å². The molecule has 1 saturated heterocycles. The van der Waals surface area contributed by atoms with E-state index in [-0.39, 0.29) is 0 Å². The van der Waals surface area contributed by atoms with Crippen molar-refractivity contribution in [2.24, 2.45) is 0 Å². The Hall–Kier alpha value is -1.47. The molecule has 0 saturated carbocycles. The van der Waals surface area contributed by atoms with Crippen molar-refractivity contribution in [2.45, 2.75) is 11.8 Å². The third kappa shape index (κ3) is 3.40. The minimum atomic E-state index is -3.53. The van der Waals surface area contributed by atoms with Gasteiger partial charge in [0.25, 0.3) is 0 Å². The lowest BCUT2D eigenvalue weighted by molar-refractivity contribution is 0.0730. The lowest BCUT2D eigenvalue weighted by Gasteiger charge is -2.26. The van der Waals surface area contributed by atoms with Crippen LogP contribution in [0.1, 0.15) is 5.56 Å². The van der Waals surface area contributed by atoms with Gasteiger partial charge in [-0.2, -0.15) is 4.31 Å². The monoisotopic (exact) mass is 352 g/mol. The van der Waals surface area contributed by atoms with E-state index in [1.54, 1.807) is 25.3 Å². The summed E-state index contributed by atoms with van der Waals surface area (Å²) in [5.41, 5.74) is 2.36. The Balaban J connectivity index is 2.04. The number of aryl methyl sites for hydroxylation is 1. The number of nitrogens with zero attached hydrogens (tertiary/aromatic N) is 2. The van der Waals surface area contributed by atoms with Gasteiger partial charge in [-0.1, -0.05) is 23.7 Å². The van der Waals surface area contributed by atoms with Gasteiger partial charge >= 0.3 is 0 Å². The van der Waals surface area contributed by atoms with Gasteiger partial charge in [0, 0.05) is 19.3 Å². The second-order valence-electron chi connectivity index (χ2n) is 5.36. The first-order chi connectivity index (χ1) is 11.0. The molecule has 1 fully saturated rings. The summed E-state index contributed by atoms with van der Waals surface area (Å²) in [6.45, 7) is 3.42. The van der Waals surface area contributed by atoms with Gasteiger partial charge in [0.15, 0.2) is 0 Å². The van der Waals surface area contributed by atoms with Crippen molar-refractivity contribution in [3.8, 4) is 11.1 Å². The van der Waals surface area contributed by atoms with Crippen molar-refractivity contribution in [2.75, 3.05) is 26.3 Å². The minimum absolute atomic E-state index is 0.324. The normalized spacial score (nSPS) is 16.4. The average Bonchev–Trinajstić information content (AvgIpc) is 2.56. The first kappa shape index (κ1) is 16.4. The second kappa shape index (κ2) is 6.57. The molecule has 0 N–H and O–H groups in total. The average molecular weight is 353 g/mol. The third-order valence-electron chi connectivity index (χ3n) is 3.84. The number of pyridine rings is 1. The Labute approximate surface area is 140 Å². The molecule has 1 aliphatic rings. The van der Waals surface area contributed by atoms with Crippen LogP contribution in [-0.4, -0.2) is 44.0 Å². The Bertz CT molecular complexity index is 818.